The molecule has 2 fully saturated rings. The Morgan fingerprint density at radius 3 is 2.58 bits per heavy atom. The smallest absolute Gasteiger partial charge is 0.339 e. The lowest BCUT2D eigenvalue weighted by molar-refractivity contribution is 0.0697. The zero-order valence-electron chi connectivity index (χ0n) is 10.6. The average molecular weight is 260 g/mol. The molecule has 100 valence electrons. The molecular weight excluding hydrogens is 244 g/mol. The molecule has 0 atom stereocenters. The third-order valence-corrected chi connectivity index (χ3v) is 4.60. The van der Waals surface area contributed by atoms with E-state index in [-0.39, 0.29) is 0 Å². The first-order valence-corrected chi connectivity index (χ1v) is 6.86. The second-order valence-corrected chi connectivity index (χ2v) is 5.63. The first-order valence-electron chi connectivity index (χ1n) is 6.86. The molecule has 2 saturated heterocycles. The number of pyridine rings is 1. The van der Waals surface area contributed by atoms with Crippen LogP contribution in [0.25, 0.3) is 0 Å². The van der Waals surface area contributed by atoms with Crippen LogP contribution in [0, 0.1) is 0 Å². The van der Waals surface area contributed by atoms with Crippen LogP contribution in [0.3, 0.4) is 0 Å². The highest BCUT2D eigenvalue weighted by molar-refractivity contribution is 5.94. The molecule has 0 radical (unpaired) electrons. The number of fused-ring (bicyclic) bond motifs is 3. The third-order valence-electron chi connectivity index (χ3n) is 4.60. The molecule has 0 saturated carbocycles. The van der Waals surface area contributed by atoms with E-state index in [0.717, 1.165) is 11.3 Å². The summed E-state index contributed by atoms with van der Waals surface area (Å²) in [7, 11) is 0. The van der Waals surface area contributed by atoms with E-state index in [2.05, 4.69) is 9.88 Å². The minimum absolute atomic E-state index is 0.336. The highest BCUT2D eigenvalue weighted by Gasteiger charge is 2.42. The van der Waals surface area contributed by atoms with Crippen LogP contribution in [-0.2, 0) is 18.0 Å². The number of anilines is 1. The van der Waals surface area contributed by atoms with Crippen LogP contribution >= 0.6 is 0 Å². The second-order valence-electron chi connectivity index (χ2n) is 5.63. The zero-order chi connectivity index (χ0) is 13.0. The van der Waals surface area contributed by atoms with E-state index in [1.54, 1.807) is 6.07 Å². The largest absolute Gasteiger partial charge is 0.478 e. The highest BCUT2D eigenvalue weighted by Crippen LogP contribution is 2.42. The van der Waals surface area contributed by atoms with Crippen LogP contribution in [0.4, 0.5) is 5.82 Å². The van der Waals surface area contributed by atoms with Crippen molar-refractivity contribution < 1.29 is 14.6 Å². The number of carboxylic acids is 1. The molecule has 0 aromatic carbocycles. The Morgan fingerprint density at radius 2 is 1.95 bits per heavy atom. The molecule has 0 spiro atoms. The van der Waals surface area contributed by atoms with Crippen molar-refractivity contribution in [2.45, 2.75) is 51.0 Å². The Bertz CT molecular complexity index is 538. The van der Waals surface area contributed by atoms with E-state index in [9.17, 15) is 9.90 Å². The van der Waals surface area contributed by atoms with Gasteiger partial charge in [-0.1, -0.05) is 0 Å². The lowest BCUT2D eigenvalue weighted by Gasteiger charge is -2.25. The van der Waals surface area contributed by atoms with Gasteiger partial charge in [0.05, 0.1) is 18.9 Å². The summed E-state index contributed by atoms with van der Waals surface area (Å²) in [5.74, 6) is -0.217. The number of nitrogens with zero attached hydrogens (tertiary/aromatic N) is 2. The summed E-state index contributed by atoms with van der Waals surface area (Å²) in [6.07, 6.45) is 4.66. The maximum atomic E-state index is 11.5. The first kappa shape index (κ1) is 11.2. The summed E-state index contributed by atoms with van der Waals surface area (Å²) in [6.45, 7) is 0.987. The van der Waals surface area contributed by atoms with Crippen LogP contribution in [0.15, 0.2) is 6.07 Å². The number of ether oxygens (including phenoxy) is 1. The second kappa shape index (κ2) is 3.93. The molecule has 0 unspecified atom stereocenters. The van der Waals surface area contributed by atoms with Gasteiger partial charge in [-0.05, 0) is 31.7 Å². The molecule has 5 heteroatoms. The Labute approximate surface area is 111 Å². The number of carboxylic acid groups (broad SMARTS) is 1. The Balaban J connectivity index is 1.84. The molecule has 3 aliphatic rings. The number of rotatable bonds is 2. The van der Waals surface area contributed by atoms with E-state index in [1.807, 2.05) is 0 Å². The fourth-order valence-electron chi connectivity index (χ4n) is 3.70. The van der Waals surface area contributed by atoms with Crippen molar-refractivity contribution in [3.05, 3.63) is 22.9 Å². The normalized spacial score (nSPS) is 27.9. The standard InChI is InChI=1S/C14H16N2O3/c17-14(18)11-5-8-6-19-7-12(8)15-13(11)16-9-1-2-10(16)4-3-9/h5,9-10H,1-4,6-7H2,(H,17,18). The van der Waals surface area contributed by atoms with Crippen molar-refractivity contribution in [3.8, 4) is 0 Å². The third kappa shape index (κ3) is 1.57. The predicted molar refractivity (Wildman–Crippen MR) is 68.2 cm³/mol. The van der Waals surface area contributed by atoms with Gasteiger partial charge in [0.1, 0.15) is 11.4 Å². The Morgan fingerprint density at radius 1 is 1.26 bits per heavy atom. The molecule has 1 N–H and O–H groups in total. The minimum atomic E-state index is -0.886. The first-order chi connectivity index (χ1) is 9.24. The van der Waals surface area contributed by atoms with Gasteiger partial charge in [-0.25, -0.2) is 9.78 Å². The lowest BCUT2D eigenvalue weighted by atomic mass is 10.0. The number of aromatic nitrogens is 1. The Hall–Kier alpha value is -1.62. The molecule has 19 heavy (non-hydrogen) atoms. The van der Waals surface area contributed by atoms with E-state index in [4.69, 9.17) is 4.74 Å². The zero-order valence-corrected chi connectivity index (χ0v) is 10.6. The number of hydrogen-bond acceptors (Lipinski definition) is 4. The van der Waals surface area contributed by atoms with Gasteiger partial charge in [-0.3, -0.25) is 0 Å². The molecule has 3 aliphatic heterocycles. The molecule has 1 aromatic heterocycles. The van der Waals surface area contributed by atoms with Crippen molar-refractivity contribution in [1.29, 1.82) is 0 Å². The molecule has 4 heterocycles. The van der Waals surface area contributed by atoms with Crippen molar-refractivity contribution in [3.63, 3.8) is 0 Å². The fourth-order valence-corrected chi connectivity index (χ4v) is 3.70. The summed E-state index contributed by atoms with van der Waals surface area (Å²) < 4.78 is 5.36. The maximum Gasteiger partial charge on any atom is 0.339 e. The van der Waals surface area contributed by atoms with Crippen LogP contribution in [0.1, 0.15) is 47.3 Å². The van der Waals surface area contributed by atoms with Gasteiger partial charge in [0.25, 0.3) is 0 Å². The SMILES string of the molecule is O=C(O)c1cc2c(nc1N1C3CCC1CC3)COC2. The molecule has 2 bridgehead atoms. The summed E-state index contributed by atoms with van der Waals surface area (Å²) in [4.78, 5) is 18.4. The van der Waals surface area contributed by atoms with Crippen LogP contribution in [0.5, 0.6) is 0 Å². The topological polar surface area (TPSA) is 62.7 Å². The van der Waals surface area contributed by atoms with Crippen LogP contribution in [0.2, 0.25) is 0 Å². The maximum absolute atomic E-state index is 11.5. The summed E-state index contributed by atoms with van der Waals surface area (Å²) in [5.41, 5.74) is 2.17. The number of aromatic carboxylic acids is 1. The summed E-state index contributed by atoms with van der Waals surface area (Å²) in [6, 6.07) is 2.72. The van der Waals surface area contributed by atoms with Gasteiger partial charge < -0.3 is 14.7 Å². The molecule has 5 nitrogen and oxygen atoms in total. The van der Waals surface area contributed by atoms with Crippen molar-refractivity contribution in [2.75, 3.05) is 4.90 Å². The van der Waals surface area contributed by atoms with Gasteiger partial charge in [-0.15, -0.1) is 0 Å². The van der Waals surface area contributed by atoms with Gasteiger partial charge in [0, 0.05) is 17.6 Å². The van der Waals surface area contributed by atoms with Crippen molar-refractivity contribution >= 4 is 11.8 Å². The van der Waals surface area contributed by atoms with Crippen molar-refractivity contribution in [2.24, 2.45) is 0 Å². The van der Waals surface area contributed by atoms with Crippen LogP contribution in [-0.4, -0.2) is 28.1 Å². The fraction of sp³-hybridized carbons (Fsp3) is 0.571. The molecule has 0 amide bonds. The molecular formula is C14H16N2O3. The van der Waals surface area contributed by atoms with Gasteiger partial charge in [-0.2, -0.15) is 0 Å². The van der Waals surface area contributed by atoms with E-state index in [1.165, 1.54) is 25.7 Å². The van der Waals surface area contributed by atoms with Crippen molar-refractivity contribution in [1.82, 2.24) is 4.98 Å². The van der Waals surface area contributed by atoms with E-state index in [0.29, 0.717) is 36.7 Å². The average Bonchev–Trinajstić information content (AvgIpc) is 3.11. The predicted octanol–water partition coefficient (Wildman–Crippen LogP) is 1.94. The molecule has 0 aliphatic carbocycles. The summed E-state index contributed by atoms with van der Waals surface area (Å²) >= 11 is 0. The van der Waals surface area contributed by atoms with Gasteiger partial charge >= 0.3 is 5.97 Å². The lowest BCUT2D eigenvalue weighted by Crippen LogP contribution is -2.31. The highest BCUT2D eigenvalue weighted by atomic mass is 16.5. The number of carbonyl (C=O) groups is 1. The minimum Gasteiger partial charge on any atom is -0.478 e. The molecule has 1 aromatic rings. The monoisotopic (exact) mass is 260 g/mol. The van der Waals surface area contributed by atoms with E-state index < -0.39 is 5.97 Å². The Kier molecular flexibility index (Phi) is 2.33. The quantitative estimate of drug-likeness (QED) is 0.880. The van der Waals surface area contributed by atoms with Gasteiger partial charge in [0.2, 0.25) is 0 Å². The van der Waals surface area contributed by atoms with E-state index >= 15 is 0 Å². The summed E-state index contributed by atoms with van der Waals surface area (Å²) in [5, 5.41) is 9.44. The number of hydrogen-bond donors (Lipinski definition) is 1. The van der Waals surface area contributed by atoms with Crippen LogP contribution < -0.4 is 4.90 Å². The van der Waals surface area contributed by atoms with Gasteiger partial charge in [0.15, 0.2) is 0 Å². The molecule has 4 rings (SSSR count).